The first kappa shape index (κ1) is 23.0. The second kappa shape index (κ2) is 9.32. The van der Waals surface area contributed by atoms with E-state index in [2.05, 4.69) is 77.1 Å². The summed E-state index contributed by atoms with van der Waals surface area (Å²) in [6.07, 6.45) is 16.6. The molecule has 0 fully saturated rings. The zero-order chi connectivity index (χ0) is 25.6. The minimum absolute atomic E-state index is 0.0766. The van der Waals surface area contributed by atoms with Gasteiger partial charge in [0.15, 0.2) is 0 Å². The van der Waals surface area contributed by atoms with Crippen LogP contribution in [0.1, 0.15) is 28.4 Å². The SMILES string of the molecule is Clc1cccc(Cl)c1C1C2=N/C(=C\c3ccc([nH]3)/C(c3ccccc3)=C3/C=CC(=N3)/C=C3/C=CC1N3)C=C2. The Morgan fingerprint density at radius 2 is 1.58 bits per heavy atom. The molecule has 2 atom stereocenters. The number of nitrogens with zero attached hydrogens (tertiary/aromatic N) is 2. The lowest BCUT2D eigenvalue weighted by atomic mass is 9.87. The molecule has 0 spiro atoms. The molecule has 0 radical (unpaired) electrons. The molecule has 2 unspecified atom stereocenters. The van der Waals surface area contributed by atoms with Crippen LogP contribution in [0.3, 0.4) is 0 Å². The summed E-state index contributed by atoms with van der Waals surface area (Å²) in [5.74, 6) is -0.172. The molecule has 7 rings (SSSR count). The van der Waals surface area contributed by atoms with Gasteiger partial charge in [0, 0.05) is 38.3 Å². The second-order valence-corrected chi connectivity index (χ2v) is 10.3. The van der Waals surface area contributed by atoms with Gasteiger partial charge < -0.3 is 10.3 Å². The summed E-state index contributed by atoms with van der Waals surface area (Å²) in [7, 11) is 0. The maximum atomic E-state index is 6.71. The lowest BCUT2D eigenvalue weighted by Gasteiger charge is -2.25. The first-order valence-electron chi connectivity index (χ1n) is 12.5. The minimum atomic E-state index is -0.172. The molecule has 2 N–H and O–H groups in total. The first-order valence-corrected chi connectivity index (χ1v) is 13.2. The molecule has 0 saturated heterocycles. The van der Waals surface area contributed by atoms with E-state index in [1.807, 2.05) is 42.5 Å². The van der Waals surface area contributed by atoms with Crippen LogP contribution in [-0.2, 0) is 0 Å². The van der Waals surface area contributed by atoms with Crippen LogP contribution < -0.4 is 5.32 Å². The van der Waals surface area contributed by atoms with Crippen molar-refractivity contribution in [1.29, 1.82) is 0 Å². The van der Waals surface area contributed by atoms with Gasteiger partial charge in [-0.15, -0.1) is 0 Å². The summed E-state index contributed by atoms with van der Waals surface area (Å²) < 4.78 is 0. The van der Waals surface area contributed by atoms with Crippen molar-refractivity contribution in [3.05, 3.63) is 153 Å². The Bertz CT molecular complexity index is 1690. The summed E-state index contributed by atoms with van der Waals surface area (Å²) in [6.45, 7) is 0. The molecule has 0 aliphatic carbocycles. The number of H-pyrrole nitrogens is 1. The monoisotopic (exact) mass is 532 g/mol. The van der Waals surface area contributed by atoms with E-state index >= 15 is 0 Å². The fraction of sp³-hybridized carbons (Fsp3) is 0.0625. The van der Waals surface area contributed by atoms with Crippen molar-refractivity contribution in [3.63, 3.8) is 0 Å². The molecule has 3 aromatic rings. The summed E-state index contributed by atoms with van der Waals surface area (Å²) in [6, 6.07) is 20.1. The molecule has 2 aromatic carbocycles. The third-order valence-corrected chi connectivity index (χ3v) is 7.71. The van der Waals surface area contributed by atoms with E-state index in [0.717, 1.165) is 56.6 Å². The van der Waals surface area contributed by atoms with Crippen LogP contribution in [0.2, 0.25) is 10.0 Å². The van der Waals surface area contributed by atoms with Crippen LogP contribution in [-0.4, -0.2) is 22.4 Å². The van der Waals surface area contributed by atoms with Crippen LogP contribution >= 0.6 is 23.2 Å². The number of aliphatic imine (C=N–C) groups is 2. The van der Waals surface area contributed by atoms with Crippen molar-refractivity contribution in [1.82, 2.24) is 10.3 Å². The number of aromatic nitrogens is 1. The quantitative estimate of drug-likeness (QED) is 0.349. The van der Waals surface area contributed by atoms with E-state index in [1.165, 1.54) is 0 Å². The van der Waals surface area contributed by atoms with Gasteiger partial charge in [0.25, 0.3) is 0 Å². The fourth-order valence-corrected chi connectivity index (χ4v) is 5.98. The normalized spacial score (nSPS) is 25.9. The van der Waals surface area contributed by atoms with Gasteiger partial charge in [-0.3, -0.25) is 4.99 Å². The largest absolute Gasteiger partial charge is 0.378 e. The highest BCUT2D eigenvalue weighted by molar-refractivity contribution is 6.36. The van der Waals surface area contributed by atoms with Crippen LogP contribution in [0.15, 0.2) is 130 Å². The number of fused-ring (bicyclic) bond motifs is 6. The molecule has 8 bridgehead atoms. The van der Waals surface area contributed by atoms with Gasteiger partial charge in [0.1, 0.15) is 0 Å². The summed E-state index contributed by atoms with van der Waals surface area (Å²) in [5, 5.41) is 4.89. The molecular weight excluding hydrogens is 511 g/mol. The van der Waals surface area contributed by atoms with Crippen molar-refractivity contribution < 1.29 is 0 Å². The molecule has 0 amide bonds. The van der Waals surface area contributed by atoms with E-state index in [9.17, 15) is 0 Å². The van der Waals surface area contributed by atoms with E-state index in [4.69, 9.17) is 33.2 Å². The molecule has 4 aliphatic heterocycles. The van der Waals surface area contributed by atoms with E-state index in [-0.39, 0.29) is 12.0 Å². The number of hydrogen-bond donors (Lipinski definition) is 2. The smallest absolute Gasteiger partial charge is 0.0736 e. The Kier molecular flexibility index (Phi) is 5.65. The van der Waals surface area contributed by atoms with E-state index in [1.54, 1.807) is 0 Å². The molecule has 0 saturated carbocycles. The van der Waals surface area contributed by atoms with Crippen LogP contribution in [0.5, 0.6) is 0 Å². The van der Waals surface area contributed by atoms with Gasteiger partial charge in [-0.05, 0) is 72.4 Å². The van der Waals surface area contributed by atoms with Gasteiger partial charge in [0.2, 0.25) is 0 Å². The molecule has 4 aliphatic rings. The average Bonchev–Trinajstić information content (AvgIpc) is 3.72. The number of nitrogens with one attached hydrogen (secondary N) is 2. The fourth-order valence-electron chi connectivity index (χ4n) is 5.35. The number of hydrogen-bond acceptors (Lipinski definition) is 3. The number of halogens is 2. The Labute approximate surface area is 230 Å². The van der Waals surface area contributed by atoms with Gasteiger partial charge in [-0.1, -0.05) is 65.7 Å². The zero-order valence-corrected chi connectivity index (χ0v) is 21.7. The minimum Gasteiger partial charge on any atom is -0.378 e. The Morgan fingerprint density at radius 1 is 0.737 bits per heavy atom. The third kappa shape index (κ3) is 4.12. The number of benzene rings is 2. The predicted molar refractivity (Wildman–Crippen MR) is 158 cm³/mol. The standard InChI is InChI=1S/C32H22Cl2N4/c33-24-7-4-8-25(34)31(24)32-28-15-11-22(37-28)17-20-9-13-26(35-20)30(19-5-2-1-3-6-19)27-14-10-21(36-27)18-23-12-16-29(32)38-23/h1-18,28,32,36-37H/b22-17-,23-18-,30-26-. The van der Waals surface area contributed by atoms with Crippen molar-refractivity contribution in [2.24, 2.45) is 9.98 Å². The predicted octanol–water partition coefficient (Wildman–Crippen LogP) is 7.65. The van der Waals surface area contributed by atoms with Gasteiger partial charge in [-0.25, -0.2) is 4.99 Å². The lowest BCUT2D eigenvalue weighted by Crippen LogP contribution is -2.33. The Morgan fingerprint density at radius 3 is 2.42 bits per heavy atom. The Hall–Kier alpha value is -4.12. The van der Waals surface area contributed by atoms with E-state index in [0.29, 0.717) is 10.0 Å². The van der Waals surface area contributed by atoms with Crippen LogP contribution in [0, 0.1) is 0 Å². The third-order valence-electron chi connectivity index (χ3n) is 7.05. The summed E-state index contributed by atoms with van der Waals surface area (Å²) in [4.78, 5) is 13.6. The molecule has 6 heteroatoms. The second-order valence-electron chi connectivity index (χ2n) is 9.50. The average molecular weight is 533 g/mol. The summed E-state index contributed by atoms with van der Waals surface area (Å²) in [5.41, 5.74) is 9.52. The maximum Gasteiger partial charge on any atom is 0.0736 e. The van der Waals surface area contributed by atoms with Gasteiger partial charge in [-0.2, -0.15) is 0 Å². The van der Waals surface area contributed by atoms with Crippen molar-refractivity contribution in [2.75, 3.05) is 0 Å². The Balaban J connectivity index is 1.41. The number of aromatic amines is 1. The van der Waals surface area contributed by atoms with E-state index < -0.39 is 0 Å². The van der Waals surface area contributed by atoms with Gasteiger partial charge in [0.05, 0.1) is 34.8 Å². The van der Waals surface area contributed by atoms with Crippen molar-refractivity contribution in [3.8, 4) is 0 Å². The number of rotatable bonds is 2. The molecule has 38 heavy (non-hydrogen) atoms. The summed E-state index contributed by atoms with van der Waals surface area (Å²) >= 11 is 13.4. The highest BCUT2D eigenvalue weighted by Crippen LogP contribution is 2.39. The highest BCUT2D eigenvalue weighted by atomic mass is 35.5. The molecule has 5 heterocycles. The first-order chi connectivity index (χ1) is 18.6. The highest BCUT2D eigenvalue weighted by Gasteiger charge is 2.33. The lowest BCUT2D eigenvalue weighted by molar-refractivity contribution is 0.665. The van der Waals surface area contributed by atoms with Gasteiger partial charge >= 0.3 is 0 Å². The van der Waals surface area contributed by atoms with Crippen molar-refractivity contribution >= 4 is 46.3 Å². The molecular formula is C32H22Cl2N4. The zero-order valence-electron chi connectivity index (χ0n) is 20.2. The van der Waals surface area contributed by atoms with Crippen molar-refractivity contribution in [2.45, 2.75) is 12.0 Å². The molecule has 1 aromatic heterocycles. The number of allylic oxidation sites excluding steroid dienone is 6. The van der Waals surface area contributed by atoms with Crippen LogP contribution in [0.25, 0.3) is 11.6 Å². The maximum absolute atomic E-state index is 6.71. The molecule has 184 valence electrons. The topological polar surface area (TPSA) is 52.5 Å². The van der Waals surface area contributed by atoms with Crippen LogP contribution in [0.4, 0.5) is 0 Å². The molecule has 4 nitrogen and oxygen atoms in total.